The number of nitrogens with zero attached hydrogens (tertiary/aromatic N) is 6. The Hall–Kier alpha value is -3.33. The number of carbonyl (C=O) groups is 1. The first kappa shape index (κ1) is 20.0. The third-order valence-corrected chi connectivity index (χ3v) is 5.37. The molecule has 1 N–H and O–H groups in total. The molecule has 3 aromatic heterocycles. The first-order chi connectivity index (χ1) is 14.5. The summed E-state index contributed by atoms with van der Waals surface area (Å²) < 4.78 is 1.81. The van der Waals surface area contributed by atoms with Crippen LogP contribution in [0.1, 0.15) is 23.0 Å². The minimum Gasteiger partial charge on any atom is -0.354 e. The molecule has 156 valence electrons. The van der Waals surface area contributed by atoms with Gasteiger partial charge in [0.25, 0.3) is 5.91 Å². The molecule has 9 nitrogen and oxygen atoms in total. The summed E-state index contributed by atoms with van der Waals surface area (Å²) in [6.07, 6.45) is 3.00. The van der Waals surface area contributed by atoms with E-state index in [0.29, 0.717) is 23.4 Å². The predicted octanol–water partition coefficient (Wildman–Crippen LogP) is 1.52. The lowest BCUT2D eigenvalue weighted by Gasteiger charge is -2.33. The van der Waals surface area contributed by atoms with Crippen LogP contribution in [0.4, 0.5) is 11.6 Å². The van der Waals surface area contributed by atoms with Gasteiger partial charge in [-0.1, -0.05) is 0 Å². The van der Waals surface area contributed by atoms with Gasteiger partial charge in [-0.15, -0.1) is 0 Å². The number of aryl methyl sites for hydroxylation is 2. The molecule has 3 aromatic rings. The molecule has 0 bridgehead atoms. The van der Waals surface area contributed by atoms with Crippen molar-refractivity contribution in [2.45, 2.75) is 20.4 Å². The summed E-state index contributed by atoms with van der Waals surface area (Å²) in [6.45, 7) is 8.03. The Morgan fingerprint density at radius 1 is 1.17 bits per heavy atom. The van der Waals surface area contributed by atoms with E-state index in [1.54, 1.807) is 24.4 Å². The Balaban J connectivity index is 1.62. The quantitative estimate of drug-likeness (QED) is 0.700. The van der Waals surface area contributed by atoms with Gasteiger partial charge in [0, 0.05) is 50.7 Å². The molecule has 0 unspecified atom stereocenters. The molecular formula is C21H25N7O2. The van der Waals surface area contributed by atoms with Crippen LogP contribution in [0.5, 0.6) is 0 Å². The van der Waals surface area contributed by atoms with Crippen LogP contribution in [-0.2, 0) is 6.54 Å². The highest BCUT2D eigenvalue weighted by atomic mass is 16.2. The van der Waals surface area contributed by atoms with Gasteiger partial charge in [-0.2, -0.15) is 0 Å². The lowest BCUT2D eigenvalue weighted by molar-refractivity contribution is 0.102. The van der Waals surface area contributed by atoms with Crippen LogP contribution in [0.25, 0.3) is 11.0 Å². The molecule has 1 fully saturated rings. The van der Waals surface area contributed by atoms with E-state index < -0.39 is 5.91 Å². The minimum atomic E-state index is -0.493. The van der Waals surface area contributed by atoms with E-state index in [0.717, 1.165) is 37.7 Å². The van der Waals surface area contributed by atoms with E-state index >= 15 is 0 Å². The second-order valence-electron chi connectivity index (χ2n) is 7.49. The molecule has 4 heterocycles. The first-order valence-corrected chi connectivity index (χ1v) is 10.0. The molecule has 1 saturated heterocycles. The zero-order chi connectivity index (χ0) is 21.3. The second kappa shape index (κ2) is 8.19. The number of amides is 1. The van der Waals surface area contributed by atoms with Crippen molar-refractivity contribution in [3.8, 4) is 0 Å². The van der Waals surface area contributed by atoms with Gasteiger partial charge in [-0.3, -0.25) is 9.59 Å². The summed E-state index contributed by atoms with van der Waals surface area (Å²) in [5.74, 6) is 0.638. The summed E-state index contributed by atoms with van der Waals surface area (Å²) in [5.41, 5.74) is 1.12. The van der Waals surface area contributed by atoms with Crippen LogP contribution in [0.2, 0.25) is 0 Å². The van der Waals surface area contributed by atoms with Gasteiger partial charge in [0.15, 0.2) is 0 Å². The zero-order valence-corrected chi connectivity index (χ0v) is 17.4. The van der Waals surface area contributed by atoms with E-state index in [2.05, 4.69) is 37.1 Å². The number of hydrogen-bond acceptors (Lipinski definition) is 7. The molecule has 0 radical (unpaired) electrons. The average Bonchev–Trinajstić information content (AvgIpc) is 2.74. The smallest absolute Gasteiger partial charge is 0.262 e. The zero-order valence-electron chi connectivity index (χ0n) is 17.4. The van der Waals surface area contributed by atoms with Gasteiger partial charge in [0.05, 0.1) is 5.39 Å². The molecule has 1 aliphatic rings. The maximum absolute atomic E-state index is 12.9. The number of aromatic nitrogens is 4. The lowest BCUT2D eigenvalue weighted by Crippen LogP contribution is -2.44. The molecule has 0 aromatic carbocycles. The molecule has 9 heteroatoms. The summed E-state index contributed by atoms with van der Waals surface area (Å²) in [4.78, 5) is 43.2. The fraction of sp³-hybridized carbons (Fsp3) is 0.381. The molecular weight excluding hydrogens is 382 g/mol. The average molecular weight is 407 g/mol. The standard InChI is InChI=1S/C21H25N7O2/c1-4-27-12-16(19(29)15-6-5-14(2)24-20(15)27)21(30)25-17-11-18(23-13-22-17)28-9-7-26(3)8-10-28/h5-6,11-13H,4,7-10H2,1-3H3,(H,22,23,25,30). The van der Waals surface area contributed by atoms with Gasteiger partial charge < -0.3 is 19.7 Å². The molecule has 4 rings (SSSR count). The summed E-state index contributed by atoms with van der Waals surface area (Å²) >= 11 is 0. The molecule has 1 aliphatic heterocycles. The Kier molecular flexibility index (Phi) is 5.45. The van der Waals surface area contributed by atoms with E-state index in [1.165, 1.54) is 6.33 Å². The number of carbonyl (C=O) groups excluding carboxylic acids is 1. The van der Waals surface area contributed by atoms with Crippen molar-refractivity contribution < 1.29 is 4.79 Å². The van der Waals surface area contributed by atoms with E-state index in [4.69, 9.17) is 0 Å². The van der Waals surface area contributed by atoms with Gasteiger partial charge >= 0.3 is 0 Å². The maximum Gasteiger partial charge on any atom is 0.262 e. The normalized spacial score (nSPS) is 14.8. The number of fused-ring (bicyclic) bond motifs is 1. The number of anilines is 2. The van der Waals surface area contributed by atoms with Crippen molar-refractivity contribution in [2.24, 2.45) is 0 Å². The number of piperazine rings is 1. The number of hydrogen-bond donors (Lipinski definition) is 1. The van der Waals surface area contributed by atoms with Crippen molar-refractivity contribution in [3.05, 3.63) is 52.2 Å². The first-order valence-electron chi connectivity index (χ1n) is 10.0. The van der Waals surface area contributed by atoms with Crippen molar-refractivity contribution >= 4 is 28.6 Å². The molecule has 0 spiro atoms. The number of rotatable bonds is 4. The van der Waals surface area contributed by atoms with E-state index in [1.807, 2.05) is 18.4 Å². The molecule has 30 heavy (non-hydrogen) atoms. The van der Waals surface area contributed by atoms with Crippen LogP contribution in [0.15, 0.2) is 35.5 Å². The van der Waals surface area contributed by atoms with Crippen LogP contribution < -0.4 is 15.6 Å². The maximum atomic E-state index is 12.9. The van der Waals surface area contributed by atoms with Crippen LogP contribution in [0, 0.1) is 6.92 Å². The number of likely N-dealkylation sites (N-methyl/N-ethyl adjacent to an activating group) is 1. The van der Waals surface area contributed by atoms with Gasteiger partial charge in [-0.25, -0.2) is 15.0 Å². The predicted molar refractivity (Wildman–Crippen MR) is 116 cm³/mol. The van der Waals surface area contributed by atoms with E-state index in [9.17, 15) is 9.59 Å². The Morgan fingerprint density at radius 3 is 2.67 bits per heavy atom. The summed E-state index contributed by atoms with van der Waals surface area (Å²) in [6, 6.07) is 5.24. The van der Waals surface area contributed by atoms with Gasteiger partial charge in [0.2, 0.25) is 5.43 Å². The van der Waals surface area contributed by atoms with Crippen LogP contribution in [-0.4, -0.2) is 63.6 Å². The number of pyridine rings is 2. The van der Waals surface area contributed by atoms with Gasteiger partial charge in [0.1, 0.15) is 29.2 Å². The molecule has 1 amide bonds. The van der Waals surface area contributed by atoms with Gasteiger partial charge in [-0.05, 0) is 33.0 Å². The topological polar surface area (TPSA) is 96.3 Å². The highest BCUT2D eigenvalue weighted by Crippen LogP contribution is 2.17. The lowest BCUT2D eigenvalue weighted by atomic mass is 10.1. The fourth-order valence-corrected chi connectivity index (χ4v) is 3.57. The van der Waals surface area contributed by atoms with Crippen LogP contribution in [0.3, 0.4) is 0 Å². The van der Waals surface area contributed by atoms with Crippen molar-refractivity contribution in [1.29, 1.82) is 0 Å². The Labute approximate surface area is 174 Å². The fourth-order valence-electron chi connectivity index (χ4n) is 3.57. The molecule has 0 atom stereocenters. The highest BCUT2D eigenvalue weighted by Gasteiger charge is 2.19. The SMILES string of the molecule is CCn1cc(C(=O)Nc2cc(N3CCN(C)CC3)ncn2)c(=O)c2ccc(C)nc21. The van der Waals surface area contributed by atoms with Crippen molar-refractivity contribution in [2.75, 3.05) is 43.4 Å². The van der Waals surface area contributed by atoms with Crippen molar-refractivity contribution in [1.82, 2.24) is 24.4 Å². The molecule has 0 aliphatic carbocycles. The summed E-state index contributed by atoms with van der Waals surface area (Å²) in [5, 5.41) is 3.18. The number of nitrogens with one attached hydrogen (secondary N) is 1. The minimum absolute atomic E-state index is 0.0646. The van der Waals surface area contributed by atoms with E-state index in [-0.39, 0.29) is 11.0 Å². The Morgan fingerprint density at radius 2 is 1.93 bits per heavy atom. The third-order valence-electron chi connectivity index (χ3n) is 5.37. The second-order valence-corrected chi connectivity index (χ2v) is 7.49. The Bertz CT molecular complexity index is 1150. The van der Waals surface area contributed by atoms with Crippen LogP contribution >= 0.6 is 0 Å². The monoisotopic (exact) mass is 407 g/mol. The molecule has 0 saturated carbocycles. The van der Waals surface area contributed by atoms with Crippen molar-refractivity contribution in [3.63, 3.8) is 0 Å². The third kappa shape index (κ3) is 3.88. The largest absolute Gasteiger partial charge is 0.354 e. The highest BCUT2D eigenvalue weighted by molar-refractivity contribution is 6.05. The summed E-state index contributed by atoms with van der Waals surface area (Å²) in [7, 11) is 2.09.